The highest BCUT2D eigenvalue weighted by Gasteiger charge is 2.10. The summed E-state index contributed by atoms with van der Waals surface area (Å²) in [5.41, 5.74) is 0.955. The second-order valence-corrected chi connectivity index (χ2v) is 5.68. The van der Waals surface area contributed by atoms with Gasteiger partial charge < -0.3 is 14.5 Å². The standard InChI is InChI=1S/C17H25NO2/c1-13(2)12-19-10-6-9-18-14(3)17-11-15-7-4-5-8-16(15)20-17/h4-5,7-8,11,13-14,18H,6,9-10,12H2,1-3H3. The van der Waals surface area contributed by atoms with E-state index in [9.17, 15) is 0 Å². The number of rotatable bonds is 8. The Labute approximate surface area is 121 Å². The molecule has 3 nitrogen and oxygen atoms in total. The van der Waals surface area contributed by atoms with E-state index in [-0.39, 0.29) is 6.04 Å². The predicted molar refractivity (Wildman–Crippen MR) is 82.9 cm³/mol. The van der Waals surface area contributed by atoms with Crippen LogP contribution < -0.4 is 5.32 Å². The van der Waals surface area contributed by atoms with Crippen molar-refractivity contribution in [3.05, 3.63) is 36.1 Å². The zero-order valence-corrected chi connectivity index (χ0v) is 12.7. The fraction of sp³-hybridized carbons (Fsp3) is 0.529. The molecule has 0 aliphatic carbocycles. The average Bonchev–Trinajstić information content (AvgIpc) is 2.86. The first-order chi connectivity index (χ1) is 9.66. The van der Waals surface area contributed by atoms with Crippen LogP contribution in [0.4, 0.5) is 0 Å². The van der Waals surface area contributed by atoms with Gasteiger partial charge in [0.05, 0.1) is 6.04 Å². The van der Waals surface area contributed by atoms with Gasteiger partial charge in [-0.15, -0.1) is 0 Å². The number of nitrogens with one attached hydrogen (secondary N) is 1. The molecule has 0 aliphatic heterocycles. The molecule has 0 bridgehead atoms. The van der Waals surface area contributed by atoms with E-state index in [1.54, 1.807) is 0 Å². The summed E-state index contributed by atoms with van der Waals surface area (Å²) >= 11 is 0. The first-order valence-corrected chi connectivity index (χ1v) is 7.46. The minimum absolute atomic E-state index is 0.229. The summed E-state index contributed by atoms with van der Waals surface area (Å²) in [6.45, 7) is 9.07. The number of fused-ring (bicyclic) bond motifs is 1. The molecule has 2 aromatic rings. The Bertz CT molecular complexity index is 485. The summed E-state index contributed by atoms with van der Waals surface area (Å²) in [4.78, 5) is 0. The third-order valence-electron chi connectivity index (χ3n) is 3.24. The van der Waals surface area contributed by atoms with Gasteiger partial charge in [0.25, 0.3) is 0 Å². The summed E-state index contributed by atoms with van der Waals surface area (Å²) in [6.07, 6.45) is 1.03. The normalized spacial score (nSPS) is 13.2. The SMILES string of the molecule is CC(C)COCCCNC(C)c1cc2ccccc2o1. The summed E-state index contributed by atoms with van der Waals surface area (Å²) in [5, 5.41) is 4.64. The molecule has 0 saturated carbocycles. The molecule has 0 aliphatic rings. The third-order valence-corrected chi connectivity index (χ3v) is 3.24. The van der Waals surface area contributed by atoms with Crippen molar-refractivity contribution < 1.29 is 9.15 Å². The molecule has 0 saturated heterocycles. The van der Waals surface area contributed by atoms with Crippen LogP contribution >= 0.6 is 0 Å². The quantitative estimate of drug-likeness (QED) is 0.735. The van der Waals surface area contributed by atoms with Crippen molar-refractivity contribution in [2.45, 2.75) is 33.2 Å². The lowest BCUT2D eigenvalue weighted by Gasteiger charge is -2.11. The second-order valence-electron chi connectivity index (χ2n) is 5.68. The maximum atomic E-state index is 5.85. The van der Waals surface area contributed by atoms with Gasteiger partial charge in [0.2, 0.25) is 0 Å². The van der Waals surface area contributed by atoms with Crippen LogP contribution in [0.2, 0.25) is 0 Å². The Hall–Kier alpha value is -1.32. The third kappa shape index (κ3) is 4.36. The van der Waals surface area contributed by atoms with Crippen LogP contribution in [-0.2, 0) is 4.74 Å². The largest absolute Gasteiger partial charge is 0.459 e. The maximum absolute atomic E-state index is 5.85. The number of furan rings is 1. The Balaban J connectivity index is 1.73. The first-order valence-electron chi connectivity index (χ1n) is 7.46. The van der Waals surface area contributed by atoms with Crippen LogP contribution in [0.3, 0.4) is 0 Å². The number of benzene rings is 1. The number of hydrogen-bond acceptors (Lipinski definition) is 3. The predicted octanol–water partition coefficient (Wildman–Crippen LogP) is 4.15. The number of hydrogen-bond donors (Lipinski definition) is 1. The molecule has 1 unspecified atom stereocenters. The lowest BCUT2D eigenvalue weighted by Crippen LogP contribution is -2.20. The van der Waals surface area contributed by atoms with Crippen molar-refractivity contribution in [2.24, 2.45) is 5.92 Å². The molecule has 0 fully saturated rings. The van der Waals surface area contributed by atoms with Crippen LogP contribution in [0.1, 0.15) is 39.0 Å². The molecular formula is C17H25NO2. The zero-order valence-electron chi connectivity index (χ0n) is 12.7. The molecule has 3 heteroatoms. The Morgan fingerprint density at radius 3 is 2.75 bits per heavy atom. The topological polar surface area (TPSA) is 34.4 Å². The molecule has 1 atom stereocenters. The van der Waals surface area contributed by atoms with Gasteiger partial charge in [0.1, 0.15) is 11.3 Å². The summed E-state index contributed by atoms with van der Waals surface area (Å²) in [7, 11) is 0. The van der Waals surface area contributed by atoms with Crippen molar-refractivity contribution in [3.8, 4) is 0 Å². The molecule has 1 aromatic carbocycles. The Morgan fingerprint density at radius 2 is 2.00 bits per heavy atom. The van der Waals surface area contributed by atoms with Gasteiger partial charge >= 0.3 is 0 Å². The summed E-state index contributed by atoms with van der Waals surface area (Å²) < 4.78 is 11.4. The van der Waals surface area contributed by atoms with E-state index in [0.717, 1.165) is 42.9 Å². The second kappa shape index (κ2) is 7.46. The van der Waals surface area contributed by atoms with Crippen molar-refractivity contribution in [1.29, 1.82) is 0 Å². The van der Waals surface area contributed by atoms with Crippen molar-refractivity contribution in [1.82, 2.24) is 5.32 Å². The smallest absolute Gasteiger partial charge is 0.134 e. The fourth-order valence-electron chi connectivity index (χ4n) is 2.13. The zero-order chi connectivity index (χ0) is 14.4. The Kier molecular flexibility index (Phi) is 5.62. The van der Waals surface area contributed by atoms with Crippen LogP contribution in [0, 0.1) is 5.92 Å². The van der Waals surface area contributed by atoms with Gasteiger partial charge in [-0.3, -0.25) is 0 Å². The molecule has 1 aromatic heterocycles. The van der Waals surface area contributed by atoms with Gasteiger partial charge in [-0.1, -0.05) is 32.0 Å². The van der Waals surface area contributed by atoms with E-state index >= 15 is 0 Å². The fourth-order valence-corrected chi connectivity index (χ4v) is 2.13. The molecule has 20 heavy (non-hydrogen) atoms. The molecule has 0 amide bonds. The molecule has 1 N–H and O–H groups in total. The van der Waals surface area contributed by atoms with E-state index in [2.05, 4.69) is 38.2 Å². The summed E-state index contributed by atoms with van der Waals surface area (Å²) in [6, 6.07) is 10.5. The van der Waals surface area contributed by atoms with Gasteiger partial charge in [0, 0.05) is 18.6 Å². The lowest BCUT2D eigenvalue weighted by atomic mass is 10.2. The highest BCUT2D eigenvalue weighted by Crippen LogP contribution is 2.23. The summed E-state index contributed by atoms with van der Waals surface area (Å²) in [5.74, 6) is 1.60. The van der Waals surface area contributed by atoms with E-state index < -0.39 is 0 Å². The van der Waals surface area contributed by atoms with Crippen LogP contribution in [0.5, 0.6) is 0 Å². The van der Waals surface area contributed by atoms with E-state index in [1.807, 2.05) is 18.2 Å². The molecular weight excluding hydrogens is 250 g/mol. The van der Waals surface area contributed by atoms with Gasteiger partial charge in [-0.2, -0.15) is 0 Å². The van der Waals surface area contributed by atoms with E-state index in [4.69, 9.17) is 9.15 Å². The minimum atomic E-state index is 0.229. The molecule has 110 valence electrons. The van der Waals surface area contributed by atoms with Crippen LogP contribution in [0.15, 0.2) is 34.7 Å². The molecule has 0 spiro atoms. The maximum Gasteiger partial charge on any atom is 0.134 e. The lowest BCUT2D eigenvalue weighted by molar-refractivity contribution is 0.107. The first kappa shape index (κ1) is 15.1. The van der Waals surface area contributed by atoms with E-state index in [1.165, 1.54) is 0 Å². The molecule has 2 rings (SSSR count). The van der Waals surface area contributed by atoms with Crippen molar-refractivity contribution in [3.63, 3.8) is 0 Å². The highest BCUT2D eigenvalue weighted by molar-refractivity contribution is 5.77. The van der Waals surface area contributed by atoms with Crippen LogP contribution in [-0.4, -0.2) is 19.8 Å². The molecule has 0 radical (unpaired) electrons. The average molecular weight is 275 g/mol. The molecule has 1 heterocycles. The number of ether oxygens (including phenoxy) is 1. The van der Waals surface area contributed by atoms with Gasteiger partial charge in [-0.05, 0) is 37.9 Å². The number of para-hydroxylation sites is 1. The highest BCUT2D eigenvalue weighted by atomic mass is 16.5. The monoisotopic (exact) mass is 275 g/mol. The van der Waals surface area contributed by atoms with Crippen molar-refractivity contribution in [2.75, 3.05) is 19.8 Å². The van der Waals surface area contributed by atoms with Gasteiger partial charge in [0.15, 0.2) is 0 Å². The minimum Gasteiger partial charge on any atom is -0.459 e. The Morgan fingerprint density at radius 1 is 1.20 bits per heavy atom. The van der Waals surface area contributed by atoms with Crippen LogP contribution in [0.25, 0.3) is 11.0 Å². The van der Waals surface area contributed by atoms with Gasteiger partial charge in [-0.25, -0.2) is 0 Å². The van der Waals surface area contributed by atoms with E-state index in [0.29, 0.717) is 5.92 Å². The van der Waals surface area contributed by atoms with Crippen molar-refractivity contribution >= 4 is 11.0 Å².